The summed E-state index contributed by atoms with van der Waals surface area (Å²) < 4.78 is 37.3. The first-order chi connectivity index (χ1) is 7.88. The van der Waals surface area contributed by atoms with Crippen molar-refractivity contribution < 1.29 is 13.2 Å². The van der Waals surface area contributed by atoms with Gasteiger partial charge in [-0.1, -0.05) is 0 Å². The van der Waals surface area contributed by atoms with E-state index in [-0.39, 0.29) is 12.5 Å². The first-order valence-electron chi connectivity index (χ1n) is 5.67. The minimum absolute atomic E-state index is 0.120. The lowest BCUT2D eigenvalue weighted by molar-refractivity contribution is -0.135. The maximum Gasteiger partial charge on any atom is 0.389 e. The molecular weight excluding hydrogens is 231 g/mol. The lowest BCUT2D eigenvalue weighted by Crippen LogP contribution is -2.20. The number of hydrogen-bond acceptors (Lipinski definition) is 2. The van der Waals surface area contributed by atoms with Crippen molar-refractivity contribution in [3.63, 3.8) is 0 Å². The Morgan fingerprint density at radius 1 is 1.41 bits per heavy atom. The van der Waals surface area contributed by atoms with E-state index in [0.717, 1.165) is 5.56 Å². The van der Waals surface area contributed by atoms with Crippen molar-refractivity contribution >= 4 is 0 Å². The zero-order valence-electron chi connectivity index (χ0n) is 10.1. The van der Waals surface area contributed by atoms with Gasteiger partial charge in [-0.25, -0.2) is 0 Å². The van der Waals surface area contributed by atoms with Crippen molar-refractivity contribution in [1.29, 1.82) is 0 Å². The molecule has 0 aromatic carbocycles. The standard InChI is InChI=1S/C11H18F3N3/c1-9(10-7-16-17(2)8-10)15-6-4-3-5-11(12,13)14/h7-9,15H,3-6H2,1-2H3. The van der Waals surface area contributed by atoms with Gasteiger partial charge in [0.05, 0.1) is 6.20 Å². The zero-order valence-corrected chi connectivity index (χ0v) is 10.1. The van der Waals surface area contributed by atoms with E-state index in [0.29, 0.717) is 13.0 Å². The van der Waals surface area contributed by atoms with Gasteiger partial charge in [-0.15, -0.1) is 0 Å². The fourth-order valence-electron chi connectivity index (χ4n) is 1.55. The quantitative estimate of drug-likeness (QED) is 0.786. The number of nitrogens with one attached hydrogen (secondary N) is 1. The summed E-state index contributed by atoms with van der Waals surface area (Å²) >= 11 is 0. The molecule has 0 aliphatic rings. The normalized spacial score (nSPS) is 13.9. The molecule has 1 N–H and O–H groups in total. The molecule has 1 aromatic heterocycles. The van der Waals surface area contributed by atoms with E-state index in [4.69, 9.17) is 0 Å². The van der Waals surface area contributed by atoms with Crippen molar-refractivity contribution in [3.8, 4) is 0 Å². The number of aromatic nitrogens is 2. The Morgan fingerprint density at radius 2 is 2.12 bits per heavy atom. The predicted molar refractivity (Wildman–Crippen MR) is 59.5 cm³/mol. The monoisotopic (exact) mass is 249 g/mol. The molecule has 0 saturated heterocycles. The SMILES string of the molecule is CC(NCCCCC(F)(F)F)c1cnn(C)c1. The number of aryl methyl sites for hydroxylation is 1. The van der Waals surface area contributed by atoms with Crippen LogP contribution in [-0.4, -0.2) is 22.5 Å². The van der Waals surface area contributed by atoms with Crippen molar-refractivity contribution in [2.45, 2.75) is 38.4 Å². The number of unbranched alkanes of at least 4 members (excludes halogenated alkanes) is 1. The molecule has 17 heavy (non-hydrogen) atoms. The van der Waals surface area contributed by atoms with E-state index >= 15 is 0 Å². The highest BCUT2D eigenvalue weighted by Gasteiger charge is 2.25. The number of alkyl halides is 3. The Bertz CT molecular complexity index is 333. The Labute approximate surface area is 99.0 Å². The highest BCUT2D eigenvalue weighted by molar-refractivity contribution is 5.08. The summed E-state index contributed by atoms with van der Waals surface area (Å²) in [7, 11) is 1.83. The molecule has 0 aliphatic carbocycles. The second-order valence-corrected chi connectivity index (χ2v) is 4.20. The molecule has 3 nitrogen and oxygen atoms in total. The zero-order chi connectivity index (χ0) is 12.9. The largest absolute Gasteiger partial charge is 0.389 e. The number of halogens is 3. The molecule has 0 radical (unpaired) electrons. The van der Waals surface area contributed by atoms with Crippen LogP contribution in [0.4, 0.5) is 13.2 Å². The first-order valence-corrected chi connectivity index (χ1v) is 5.67. The number of rotatable bonds is 6. The number of hydrogen-bond donors (Lipinski definition) is 1. The van der Waals surface area contributed by atoms with Crippen LogP contribution >= 0.6 is 0 Å². The van der Waals surface area contributed by atoms with Crippen LogP contribution in [0, 0.1) is 0 Å². The van der Waals surface area contributed by atoms with Gasteiger partial charge in [-0.3, -0.25) is 4.68 Å². The molecule has 0 amide bonds. The smallest absolute Gasteiger partial charge is 0.310 e. The maximum atomic E-state index is 11.9. The second kappa shape index (κ2) is 6.05. The van der Waals surface area contributed by atoms with Crippen molar-refractivity contribution in [3.05, 3.63) is 18.0 Å². The van der Waals surface area contributed by atoms with Gasteiger partial charge in [-0.2, -0.15) is 18.3 Å². The highest BCUT2D eigenvalue weighted by atomic mass is 19.4. The minimum atomic E-state index is -4.03. The molecule has 6 heteroatoms. The average molecular weight is 249 g/mol. The first kappa shape index (κ1) is 14.0. The van der Waals surface area contributed by atoms with Gasteiger partial charge in [0.15, 0.2) is 0 Å². The van der Waals surface area contributed by atoms with E-state index in [1.54, 1.807) is 10.9 Å². The van der Waals surface area contributed by atoms with Crippen molar-refractivity contribution in [1.82, 2.24) is 15.1 Å². The van der Waals surface area contributed by atoms with E-state index in [1.807, 2.05) is 20.2 Å². The molecule has 1 aromatic rings. The van der Waals surface area contributed by atoms with Crippen LogP contribution in [0.2, 0.25) is 0 Å². The Morgan fingerprint density at radius 3 is 2.65 bits per heavy atom. The third-order valence-corrected chi connectivity index (χ3v) is 2.56. The summed E-state index contributed by atoms with van der Waals surface area (Å²) in [6.45, 7) is 2.56. The second-order valence-electron chi connectivity index (χ2n) is 4.20. The van der Waals surface area contributed by atoms with Crippen LogP contribution < -0.4 is 5.32 Å². The average Bonchev–Trinajstić information content (AvgIpc) is 2.62. The minimum Gasteiger partial charge on any atom is -0.310 e. The lowest BCUT2D eigenvalue weighted by Gasteiger charge is -2.12. The van der Waals surface area contributed by atoms with Crippen molar-refractivity contribution in [2.75, 3.05) is 6.54 Å². The highest BCUT2D eigenvalue weighted by Crippen LogP contribution is 2.22. The predicted octanol–water partition coefficient (Wildman–Crippen LogP) is 2.80. The Balaban J connectivity index is 2.15. The van der Waals surface area contributed by atoms with Gasteiger partial charge in [0.25, 0.3) is 0 Å². The van der Waals surface area contributed by atoms with Crippen LogP contribution in [-0.2, 0) is 7.05 Å². The molecular formula is C11H18F3N3. The summed E-state index contributed by atoms with van der Waals surface area (Å²) in [5.41, 5.74) is 1.04. The van der Waals surface area contributed by atoms with E-state index in [1.165, 1.54) is 0 Å². The van der Waals surface area contributed by atoms with Crippen LogP contribution in [0.15, 0.2) is 12.4 Å². The van der Waals surface area contributed by atoms with Gasteiger partial charge in [-0.05, 0) is 26.3 Å². The van der Waals surface area contributed by atoms with Crippen LogP contribution in [0.5, 0.6) is 0 Å². The number of nitrogens with zero attached hydrogens (tertiary/aromatic N) is 2. The maximum absolute atomic E-state index is 11.9. The van der Waals surface area contributed by atoms with E-state index < -0.39 is 12.6 Å². The Kier molecular flexibility index (Phi) is 4.99. The van der Waals surface area contributed by atoms with Crippen molar-refractivity contribution in [2.24, 2.45) is 7.05 Å². The van der Waals surface area contributed by atoms with Crippen LogP contribution in [0.25, 0.3) is 0 Å². The molecule has 0 aliphatic heterocycles. The lowest BCUT2D eigenvalue weighted by atomic mass is 10.2. The summed E-state index contributed by atoms with van der Waals surface area (Å²) in [5.74, 6) is 0. The van der Waals surface area contributed by atoms with Crippen LogP contribution in [0.1, 0.15) is 37.8 Å². The molecule has 1 unspecified atom stereocenters. The molecule has 98 valence electrons. The summed E-state index contributed by atoms with van der Waals surface area (Å²) in [5, 5.41) is 7.22. The fraction of sp³-hybridized carbons (Fsp3) is 0.727. The Hall–Kier alpha value is -1.04. The third-order valence-electron chi connectivity index (χ3n) is 2.56. The molecule has 0 spiro atoms. The molecule has 0 saturated carbocycles. The van der Waals surface area contributed by atoms with Gasteiger partial charge >= 0.3 is 6.18 Å². The summed E-state index contributed by atoms with van der Waals surface area (Å²) in [6.07, 6.45) is -0.369. The fourth-order valence-corrected chi connectivity index (χ4v) is 1.55. The summed E-state index contributed by atoms with van der Waals surface area (Å²) in [6, 6.07) is 0.120. The van der Waals surface area contributed by atoms with Gasteiger partial charge in [0.1, 0.15) is 0 Å². The van der Waals surface area contributed by atoms with Gasteiger partial charge < -0.3 is 5.32 Å². The molecule has 1 heterocycles. The molecule has 1 rings (SSSR count). The van der Waals surface area contributed by atoms with E-state index in [9.17, 15) is 13.2 Å². The van der Waals surface area contributed by atoms with Gasteiger partial charge in [0.2, 0.25) is 0 Å². The molecule has 1 atom stereocenters. The molecule has 0 fully saturated rings. The molecule has 0 bridgehead atoms. The summed E-state index contributed by atoms with van der Waals surface area (Å²) in [4.78, 5) is 0. The van der Waals surface area contributed by atoms with Gasteiger partial charge in [0, 0.05) is 31.3 Å². The van der Waals surface area contributed by atoms with Crippen LogP contribution in [0.3, 0.4) is 0 Å². The topological polar surface area (TPSA) is 29.9 Å². The third kappa shape index (κ3) is 5.72. The van der Waals surface area contributed by atoms with E-state index in [2.05, 4.69) is 10.4 Å².